The van der Waals surface area contributed by atoms with Gasteiger partial charge in [-0.15, -0.1) is 0 Å². The van der Waals surface area contributed by atoms with Gasteiger partial charge in [0.2, 0.25) is 0 Å². The zero-order valence-electron chi connectivity index (χ0n) is 16.0. The monoisotopic (exact) mass is 388 g/mol. The van der Waals surface area contributed by atoms with Crippen molar-refractivity contribution in [2.24, 2.45) is 0 Å². The number of rotatable bonds is 3. The van der Waals surface area contributed by atoms with Crippen molar-refractivity contribution < 1.29 is 19.1 Å². The number of nitrogens with zero attached hydrogens (tertiary/aromatic N) is 1. The van der Waals surface area contributed by atoms with Crippen LogP contribution in [0, 0.1) is 0 Å². The van der Waals surface area contributed by atoms with E-state index < -0.39 is 11.6 Å². The van der Waals surface area contributed by atoms with Gasteiger partial charge >= 0.3 is 6.03 Å². The molecule has 6 heteroatoms. The molecule has 6 nitrogen and oxygen atoms in total. The summed E-state index contributed by atoms with van der Waals surface area (Å²) in [5.74, 6) is 0.949. The Morgan fingerprint density at radius 3 is 2.59 bits per heavy atom. The Bertz CT molecular complexity index is 1140. The van der Waals surface area contributed by atoms with Crippen LogP contribution in [0.25, 0.3) is 10.8 Å². The molecule has 3 amide bonds. The molecule has 0 saturated carbocycles. The first-order valence-corrected chi connectivity index (χ1v) is 9.57. The molecule has 0 radical (unpaired) electrons. The number of hydrogen-bond acceptors (Lipinski definition) is 4. The Kier molecular flexibility index (Phi) is 3.94. The lowest BCUT2D eigenvalue weighted by molar-refractivity contribution is -0.131. The molecule has 5 rings (SSSR count). The number of amides is 3. The minimum Gasteiger partial charge on any atom is -0.486 e. The van der Waals surface area contributed by atoms with Crippen LogP contribution in [0.2, 0.25) is 0 Å². The molecule has 0 aromatic heterocycles. The number of benzene rings is 3. The van der Waals surface area contributed by atoms with Crippen molar-refractivity contribution >= 4 is 22.7 Å². The summed E-state index contributed by atoms with van der Waals surface area (Å²) in [6, 6.07) is 18.8. The molecule has 3 aromatic rings. The first-order valence-electron chi connectivity index (χ1n) is 9.57. The topological polar surface area (TPSA) is 67.9 Å². The summed E-state index contributed by atoms with van der Waals surface area (Å²) >= 11 is 0. The van der Waals surface area contributed by atoms with E-state index in [1.807, 2.05) is 42.5 Å². The van der Waals surface area contributed by atoms with Gasteiger partial charge in [0.05, 0.1) is 6.54 Å². The number of urea groups is 1. The standard InChI is InChI=1S/C23H20N2O4/c1-23(17-9-10-19-20(13-17)29-12-11-28-19)21(26)25(22(27)24-23)14-16-7-4-6-15-5-2-3-8-18(15)16/h2-10,13H,11-12,14H2,1H3,(H,24,27)/t23-/m1/s1. The molecule has 2 aliphatic heterocycles. The van der Waals surface area contributed by atoms with Crippen LogP contribution in [0.15, 0.2) is 60.7 Å². The Morgan fingerprint density at radius 2 is 1.72 bits per heavy atom. The average Bonchev–Trinajstić information content (AvgIpc) is 2.97. The molecule has 3 aromatic carbocycles. The van der Waals surface area contributed by atoms with Crippen LogP contribution in [0.4, 0.5) is 4.79 Å². The van der Waals surface area contributed by atoms with Gasteiger partial charge in [-0.3, -0.25) is 9.69 Å². The number of ether oxygens (including phenoxy) is 2. The molecule has 2 heterocycles. The van der Waals surface area contributed by atoms with E-state index in [1.54, 1.807) is 25.1 Å². The van der Waals surface area contributed by atoms with Gasteiger partial charge in [-0.05, 0) is 41.0 Å². The van der Waals surface area contributed by atoms with Gasteiger partial charge < -0.3 is 14.8 Å². The van der Waals surface area contributed by atoms with Crippen molar-refractivity contribution in [1.82, 2.24) is 10.2 Å². The summed E-state index contributed by atoms with van der Waals surface area (Å²) < 4.78 is 11.2. The van der Waals surface area contributed by atoms with E-state index in [-0.39, 0.29) is 12.5 Å². The normalized spacial score (nSPS) is 20.8. The highest BCUT2D eigenvalue weighted by molar-refractivity contribution is 6.07. The lowest BCUT2D eigenvalue weighted by Crippen LogP contribution is -2.41. The minimum atomic E-state index is -1.16. The fourth-order valence-corrected chi connectivity index (χ4v) is 3.99. The molecular weight excluding hydrogens is 368 g/mol. The van der Waals surface area contributed by atoms with Crippen LogP contribution in [-0.4, -0.2) is 30.1 Å². The molecule has 2 aliphatic rings. The van der Waals surface area contributed by atoms with E-state index in [1.165, 1.54) is 4.90 Å². The van der Waals surface area contributed by atoms with Crippen LogP contribution in [0.5, 0.6) is 11.5 Å². The molecule has 1 atom stereocenters. The lowest BCUT2D eigenvalue weighted by Gasteiger charge is -2.25. The molecule has 0 aliphatic carbocycles. The van der Waals surface area contributed by atoms with Gasteiger partial charge in [0, 0.05) is 0 Å². The third kappa shape index (κ3) is 2.79. The molecule has 1 N–H and O–H groups in total. The summed E-state index contributed by atoms with van der Waals surface area (Å²) in [6.07, 6.45) is 0. The van der Waals surface area contributed by atoms with Crippen LogP contribution in [0.3, 0.4) is 0 Å². The maximum atomic E-state index is 13.3. The average molecular weight is 388 g/mol. The molecular formula is C23H20N2O4. The summed E-state index contributed by atoms with van der Waals surface area (Å²) in [7, 11) is 0. The summed E-state index contributed by atoms with van der Waals surface area (Å²) in [5.41, 5.74) is 0.441. The van der Waals surface area contributed by atoms with E-state index in [2.05, 4.69) is 5.32 Å². The fourth-order valence-electron chi connectivity index (χ4n) is 3.99. The van der Waals surface area contributed by atoms with Crippen LogP contribution in [-0.2, 0) is 16.9 Å². The Balaban J connectivity index is 1.48. The number of carbonyl (C=O) groups is 2. The fraction of sp³-hybridized carbons (Fsp3) is 0.217. The number of carbonyl (C=O) groups excluding carboxylic acids is 2. The van der Waals surface area contributed by atoms with Gasteiger partial charge in [-0.2, -0.15) is 0 Å². The second kappa shape index (κ2) is 6.51. The van der Waals surface area contributed by atoms with E-state index in [9.17, 15) is 9.59 Å². The molecule has 1 fully saturated rings. The number of imide groups is 1. The van der Waals surface area contributed by atoms with E-state index in [4.69, 9.17) is 9.47 Å². The molecule has 29 heavy (non-hydrogen) atoms. The Morgan fingerprint density at radius 1 is 0.966 bits per heavy atom. The highest BCUT2D eigenvalue weighted by Crippen LogP contribution is 2.37. The predicted molar refractivity (Wildman–Crippen MR) is 108 cm³/mol. The number of fused-ring (bicyclic) bond motifs is 2. The molecule has 0 unspecified atom stereocenters. The van der Waals surface area contributed by atoms with Gasteiger partial charge in [-0.1, -0.05) is 48.5 Å². The van der Waals surface area contributed by atoms with Crippen molar-refractivity contribution in [3.8, 4) is 11.5 Å². The summed E-state index contributed by atoms with van der Waals surface area (Å²) in [5, 5.41) is 4.97. The van der Waals surface area contributed by atoms with Crippen LogP contribution >= 0.6 is 0 Å². The van der Waals surface area contributed by atoms with Crippen molar-refractivity contribution in [1.29, 1.82) is 0 Å². The minimum absolute atomic E-state index is 0.214. The SMILES string of the molecule is C[C@]1(c2ccc3c(c2)OCCO3)NC(=O)N(Cc2cccc3ccccc23)C1=O. The Hall–Kier alpha value is -3.54. The predicted octanol–water partition coefficient (Wildman–Crippen LogP) is 3.58. The second-order valence-electron chi connectivity index (χ2n) is 7.44. The largest absolute Gasteiger partial charge is 0.486 e. The van der Waals surface area contributed by atoms with Gasteiger partial charge in [0.15, 0.2) is 11.5 Å². The highest BCUT2D eigenvalue weighted by atomic mass is 16.6. The smallest absolute Gasteiger partial charge is 0.325 e. The van der Waals surface area contributed by atoms with Crippen molar-refractivity contribution in [2.45, 2.75) is 19.0 Å². The maximum Gasteiger partial charge on any atom is 0.325 e. The van der Waals surface area contributed by atoms with Crippen molar-refractivity contribution in [3.63, 3.8) is 0 Å². The molecule has 1 saturated heterocycles. The first kappa shape index (κ1) is 17.6. The third-order valence-corrected chi connectivity index (χ3v) is 5.60. The number of hydrogen-bond donors (Lipinski definition) is 1. The quantitative estimate of drug-likeness (QED) is 0.697. The van der Waals surface area contributed by atoms with Crippen LogP contribution in [0.1, 0.15) is 18.1 Å². The van der Waals surface area contributed by atoms with Crippen LogP contribution < -0.4 is 14.8 Å². The zero-order valence-corrected chi connectivity index (χ0v) is 16.0. The summed E-state index contributed by atoms with van der Waals surface area (Å²) in [4.78, 5) is 27.3. The summed E-state index contributed by atoms with van der Waals surface area (Å²) in [6.45, 7) is 2.90. The zero-order chi connectivity index (χ0) is 20.0. The third-order valence-electron chi connectivity index (χ3n) is 5.60. The Labute approximate surface area is 168 Å². The van der Waals surface area contributed by atoms with Gasteiger partial charge in [0.25, 0.3) is 5.91 Å². The van der Waals surface area contributed by atoms with E-state index >= 15 is 0 Å². The second-order valence-corrected chi connectivity index (χ2v) is 7.44. The molecule has 0 bridgehead atoms. The molecule has 0 spiro atoms. The molecule has 146 valence electrons. The first-order chi connectivity index (χ1) is 14.1. The lowest BCUT2D eigenvalue weighted by atomic mass is 9.91. The maximum absolute atomic E-state index is 13.3. The van der Waals surface area contributed by atoms with E-state index in [0.29, 0.717) is 30.3 Å². The highest BCUT2D eigenvalue weighted by Gasteiger charge is 2.49. The van der Waals surface area contributed by atoms with Crippen molar-refractivity contribution in [2.75, 3.05) is 13.2 Å². The van der Waals surface area contributed by atoms with Gasteiger partial charge in [0.1, 0.15) is 18.8 Å². The van der Waals surface area contributed by atoms with E-state index in [0.717, 1.165) is 16.3 Å². The number of nitrogens with one attached hydrogen (secondary N) is 1. The van der Waals surface area contributed by atoms with Crippen molar-refractivity contribution in [3.05, 3.63) is 71.8 Å². The van der Waals surface area contributed by atoms with Gasteiger partial charge in [-0.25, -0.2) is 4.79 Å².